The van der Waals surface area contributed by atoms with Crippen molar-refractivity contribution in [1.29, 1.82) is 0 Å². The van der Waals surface area contributed by atoms with Crippen LogP contribution in [0, 0.1) is 5.92 Å². The largest absolute Gasteiger partial charge is 0.380 e. The fourth-order valence-corrected chi connectivity index (χ4v) is 3.63. The average molecular weight is 276 g/mol. The molecule has 6 heteroatoms. The zero-order chi connectivity index (χ0) is 12.8. The molecular formula is C12H24N2O3S. The molecule has 1 saturated carbocycles. The Hall–Kier alpha value is -0.170. The lowest BCUT2D eigenvalue weighted by Crippen LogP contribution is -2.46. The molecule has 0 aromatic rings. The molecule has 2 rings (SSSR count). The maximum absolute atomic E-state index is 11.4. The van der Waals surface area contributed by atoms with Gasteiger partial charge in [-0.3, -0.25) is 0 Å². The van der Waals surface area contributed by atoms with Crippen LogP contribution in [0.5, 0.6) is 0 Å². The summed E-state index contributed by atoms with van der Waals surface area (Å²) in [6, 6.07) is 0.114. The highest BCUT2D eigenvalue weighted by Gasteiger charge is 2.23. The topological polar surface area (TPSA) is 67.4 Å². The van der Waals surface area contributed by atoms with Crippen LogP contribution >= 0.6 is 0 Å². The van der Waals surface area contributed by atoms with Crippen LogP contribution in [0.1, 0.15) is 19.3 Å². The van der Waals surface area contributed by atoms with Crippen molar-refractivity contribution >= 4 is 9.84 Å². The lowest BCUT2D eigenvalue weighted by molar-refractivity contribution is 0.126. The summed E-state index contributed by atoms with van der Waals surface area (Å²) in [6.07, 6.45) is 3.52. The number of hydrogen-bond acceptors (Lipinski definition) is 5. The maximum atomic E-state index is 11.4. The molecule has 1 atom stereocenters. The van der Waals surface area contributed by atoms with E-state index in [1.54, 1.807) is 0 Å². The second-order valence-corrected chi connectivity index (χ2v) is 7.55. The zero-order valence-corrected chi connectivity index (χ0v) is 11.7. The summed E-state index contributed by atoms with van der Waals surface area (Å²) in [4.78, 5) is 0. The van der Waals surface area contributed by atoms with Gasteiger partial charge in [0.1, 0.15) is 0 Å². The van der Waals surface area contributed by atoms with E-state index in [9.17, 15) is 8.42 Å². The van der Waals surface area contributed by atoms with Crippen LogP contribution in [0.3, 0.4) is 0 Å². The van der Waals surface area contributed by atoms with Crippen LogP contribution in [0.2, 0.25) is 0 Å². The summed E-state index contributed by atoms with van der Waals surface area (Å²) in [7, 11) is -2.80. The molecular weight excluding hydrogens is 252 g/mol. The molecule has 2 fully saturated rings. The number of ether oxygens (including phenoxy) is 1. The van der Waals surface area contributed by atoms with Crippen molar-refractivity contribution < 1.29 is 13.2 Å². The SMILES string of the molecule is O=S1(=O)CCNC(CCNCCOCC2CC2)C1. The van der Waals surface area contributed by atoms with Crippen molar-refractivity contribution in [3.63, 3.8) is 0 Å². The molecule has 0 aromatic heterocycles. The van der Waals surface area contributed by atoms with E-state index < -0.39 is 9.84 Å². The van der Waals surface area contributed by atoms with Crippen molar-refractivity contribution in [3.05, 3.63) is 0 Å². The normalized spacial score (nSPS) is 27.2. The lowest BCUT2D eigenvalue weighted by Gasteiger charge is -2.23. The fourth-order valence-electron chi connectivity index (χ4n) is 2.13. The van der Waals surface area contributed by atoms with Crippen molar-refractivity contribution in [2.45, 2.75) is 25.3 Å². The Bertz CT molecular complexity index is 341. The van der Waals surface area contributed by atoms with Gasteiger partial charge < -0.3 is 15.4 Å². The Balaban J connectivity index is 1.44. The van der Waals surface area contributed by atoms with Gasteiger partial charge in [0, 0.05) is 25.7 Å². The van der Waals surface area contributed by atoms with Crippen LogP contribution in [-0.2, 0) is 14.6 Å². The number of rotatable bonds is 8. The number of nitrogens with one attached hydrogen (secondary N) is 2. The van der Waals surface area contributed by atoms with E-state index in [4.69, 9.17) is 4.74 Å². The van der Waals surface area contributed by atoms with E-state index in [-0.39, 0.29) is 17.5 Å². The van der Waals surface area contributed by atoms with Gasteiger partial charge in [-0.05, 0) is 31.7 Å². The Morgan fingerprint density at radius 3 is 2.83 bits per heavy atom. The number of sulfone groups is 1. The quantitative estimate of drug-likeness (QED) is 0.600. The Morgan fingerprint density at radius 1 is 1.28 bits per heavy atom. The minimum absolute atomic E-state index is 0.114. The van der Waals surface area contributed by atoms with E-state index in [1.807, 2.05) is 0 Å². The highest BCUT2D eigenvalue weighted by atomic mass is 32.2. The zero-order valence-electron chi connectivity index (χ0n) is 10.9. The standard InChI is InChI=1S/C12H24N2O3S/c15-18(16)8-6-14-12(10-18)3-4-13-5-7-17-9-11-1-2-11/h11-14H,1-10H2. The first kappa shape index (κ1) is 14.2. The molecule has 1 saturated heterocycles. The van der Waals surface area contributed by atoms with Gasteiger partial charge in [0.05, 0.1) is 18.1 Å². The molecule has 1 unspecified atom stereocenters. The molecule has 5 nitrogen and oxygen atoms in total. The summed E-state index contributed by atoms with van der Waals surface area (Å²) in [5, 5.41) is 6.54. The van der Waals surface area contributed by atoms with E-state index in [0.717, 1.165) is 38.6 Å². The van der Waals surface area contributed by atoms with Gasteiger partial charge >= 0.3 is 0 Å². The van der Waals surface area contributed by atoms with Crippen LogP contribution in [0.25, 0.3) is 0 Å². The third kappa shape index (κ3) is 5.65. The molecule has 0 amide bonds. The first-order valence-electron chi connectivity index (χ1n) is 6.88. The molecule has 0 bridgehead atoms. The predicted octanol–water partition coefficient (Wildman–Crippen LogP) is -0.221. The fraction of sp³-hybridized carbons (Fsp3) is 1.00. The molecule has 2 N–H and O–H groups in total. The molecule has 1 aliphatic heterocycles. The molecule has 2 aliphatic rings. The summed E-state index contributed by atoms with van der Waals surface area (Å²) < 4.78 is 28.4. The Labute approximate surface area is 110 Å². The molecule has 106 valence electrons. The highest BCUT2D eigenvalue weighted by Crippen LogP contribution is 2.28. The Kier molecular flexibility index (Phi) is 5.41. The first-order valence-corrected chi connectivity index (χ1v) is 8.70. The van der Waals surface area contributed by atoms with E-state index in [1.165, 1.54) is 12.8 Å². The van der Waals surface area contributed by atoms with E-state index in [0.29, 0.717) is 6.54 Å². The van der Waals surface area contributed by atoms with Gasteiger partial charge in [-0.2, -0.15) is 0 Å². The summed E-state index contributed by atoms with van der Waals surface area (Å²) >= 11 is 0. The molecule has 1 heterocycles. The van der Waals surface area contributed by atoms with Crippen molar-refractivity contribution in [2.75, 3.05) is 44.4 Å². The lowest BCUT2D eigenvalue weighted by atomic mass is 10.2. The molecule has 18 heavy (non-hydrogen) atoms. The minimum atomic E-state index is -2.80. The number of hydrogen-bond donors (Lipinski definition) is 2. The van der Waals surface area contributed by atoms with Gasteiger partial charge in [0.15, 0.2) is 9.84 Å². The first-order chi connectivity index (χ1) is 8.66. The summed E-state index contributed by atoms with van der Waals surface area (Å²) in [6.45, 7) is 3.96. The third-order valence-corrected chi connectivity index (χ3v) is 5.18. The minimum Gasteiger partial charge on any atom is -0.380 e. The highest BCUT2D eigenvalue weighted by molar-refractivity contribution is 7.91. The van der Waals surface area contributed by atoms with Crippen LogP contribution in [0.15, 0.2) is 0 Å². The van der Waals surface area contributed by atoms with E-state index >= 15 is 0 Å². The molecule has 0 aromatic carbocycles. The average Bonchev–Trinajstić information content (AvgIpc) is 3.10. The van der Waals surface area contributed by atoms with Crippen molar-refractivity contribution in [1.82, 2.24) is 10.6 Å². The molecule has 0 spiro atoms. The summed E-state index contributed by atoms with van der Waals surface area (Å²) in [5.41, 5.74) is 0. The third-order valence-electron chi connectivity index (χ3n) is 3.44. The summed E-state index contributed by atoms with van der Waals surface area (Å²) in [5.74, 6) is 1.39. The van der Waals surface area contributed by atoms with Crippen LogP contribution < -0.4 is 10.6 Å². The molecule has 0 radical (unpaired) electrons. The van der Waals surface area contributed by atoms with Gasteiger partial charge in [0.2, 0.25) is 0 Å². The Morgan fingerprint density at radius 2 is 2.11 bits per heavy atom. The van der Waals surface area contributed by atoms with Gasteiger partial charge in [-0.15, -0.1) is 0 Å². The van der Waals surface area contributed by atoms with Crippen LogP contribution in [-0.4, -0.2) is 58.8 Å². The monoisotopic (exact) mass is 276 g/mol. The predicted molar refractivity (Wildman–Crippen MR) is 71.5 cm³/mol. The van der Waals surface area contributed by atoms with Gasteiger partial charge in [0.25, 0.3) is 0 Å². The molecule has 1 aliphatic carbocycles. The van der Waals surface area contributed by atoms with Gasteiger partial charge in [-0.25, -0.2) is 8.42 Å². The van der Waals surface area contributed by atoms with Gasteiger partial charge in [-0.1, -0.05) is 0 Å². The smallest absolute Gasteiger partial charge is 0.153 e. The van der Waals surface area contributed by atoms with Crippen LogP contribution in [0.4, 0.5) is 0 Å². The second kappa shape index (κ2) is 6.84. The van der Waals surface area contributed by atoms with E-state index in [2.05, 4.69) is 10.6 Å². The second-order valence-electron chi connectivity index (χ2n) is 5.32. The van der Waals surface area contributed by atoms with Crippen molar-refractivity contribution in [2.24, 2.45) is 5.92 Å². The van der Waals surface area contributed by atoms with Crippen molar-refractivity contribution in [3.8, 4) is 0 Å². The maximum Gasteiger partial charge on any atom is 0.153 e.